The summed E-state index contributed by atoms with van der Waals surface area (Å²) in [5, 5.41) is 1.19. The number of aryl methyl sites for hydroxylation is 1. The molecule has 0 aliphatic heterocycles. The molecule has 0 N–H and O–H groups in total. The molecule has 0 unspecified atom stereocenters. The molecule has 1 aromatic heterocycles. The fraction of sp³-hybridized carbons (Fsp3) is 0.286. The van der Waals surface area contributed by atoms with Crippen LogP contribution in [0.4, 0.5) is 13.2 Å². The molecule has 0 amide bonds. The van der Waals surface area contributed by atoms with Gasteiger partial charge in [-0.05, 0) is 34.9 Å². The van der Waals surface area contributed by atoms with Crippen molar-refractivity contribution in [3.63, 3.8) is 0 Å². The van der Waals surface area contributed by atoms with Gasteiger partial charge in [-0.3, -0.25) is 4.79 Å². The van der Waals surface area contributed by atoms with Crippen molar-refractivity contribution in [2.24, 2.45) is 7.05 Å². The highest BCUT2D eigenvalue weighted by Gasteiger charge is 2.29. The second kappa shape index (κ2) is 8.31. The predicted molar refractivity (Wildman–Crippen MR) is 108 cm³/mol. The van der Waals surface area contributed by atoms with Crippen LogP contribution in [0.15, 0.2) is 53.5 Å². The van der Waals surface area contributed by atoms with Crippen molar-refractivity contribution in [2.45, 2.75) is 18.9 Å². The maximum Gasteiger partial charge on any atom is 0.422 e. The largest absolute Gasteiger partial charge is 0.483 e. The zero-order valence-electron chi connectivity index (χ0n) is 15.5. The van der Waals surface area contributed by atoms with Crippen LogP contribution >= 0.6 is 11.8 Å². The van der Waals surface area contributed by atoms with E-state index in [1.807, 2.05) is 13.0 Å². The Morgan fingerprint density at radius 3 is 2.46 bits per heavy atom. The second-order valence-corrected chi connectivity index (χ2v) is 7.65. The molecule has 28 heavy (non-hydrogen) atoms. The minimum absolute atomic E-state index is 0.145. The van der Waals surface area contributed by atoms with Crippen molar-refractivity contribution in [3.8, 4) is 16.9 Å². The van der Waals surface area contributed by atoms with E-state index in [-0.39, 0.29) is 11.3 Å². The summed E-state index contributed by atoms with van der Waals surface area (Å²) >= 11 is 1.72. The van der Waals surface area contributed by atoms with E-state index in [4.69, 9.17) is 4.74 Å². The van der Waals surface area contributed by atoms with Gasteiger partial charge in [0.25, 0.3) is 5.56 Å². The number of pyridine rings is 1. The van der Waals surface area contributed by atoms with Crippen molar-refractivity contribution in [1.82, 2.24) is 4.57 Å². The Kier molecular flexibility index (Phi) is 6.03. The first-order chi connectivity index (χ1) is 13.3. The molecule has 0 aliphatic rings. The number of rotatable bonds is 6. The van der Waals surface area contributed by atoms with E-state index in [0.717, 1.165) is 17.1 Å². The number of hydrogen-bond donors (Lipinski definition) is 0. The van der Waals surface area contributed by atoms with Crippen molar-refractivity contribution < 1.29 is 17.9 Å². The van der Waals surface area contributed by atoms with E-state index in [2.05, 4.69) is 0 Å². The lowest BCUT2D eigenvalue weighted by Gasteiger charge is -2.17. The van der Waals surface area contributed by atoms with Crippen LogP contribution in [0.25, 0.3) is 21.9 Å². The van der Waals surface area contributed by atoms with E-state index in [9.17, 15) is 18.0 Å². The van der Waals surface area contributed by atoms with Crippen LogP contribution in [0.2, 0.25) is 0 Å². The SMILES string of the molecule is CCSCc1ccc(OCC(F)(F)F)c(-c2cn(C)c(=O)c3ccccc23)c1. The van der Waals surface area contributed by atoms with Crippen LogP contribution in [0.3, 0.4) is 0 Å². The van der Waals surface area contributed by atoms with Gasteiger partial charge in [-0.1, -0.05) is 31.2 Å². The molecular weight excluding hydrogens is 387 g/mol. The number of benzene rings is 2. The van der Waals surface area contributed by atoms with Crippen molar-refractivity contribution in [3.05, 3.63) is 64.6 Å². The second-order valence-electron chi connectivity index (χ2n) is 6.38. The lowest BCUT2D eigenvalue weighted by Crippen LogP contribution is -2.20. The Labute approximate surface area is 165 Å². The average molecular weight is 407 g/mol. The number of alkyl halides is 3. The molecule has 2 aromatic carbocycles. The molecule has 7 heteroatoms. The summed E-state index contributed by atoms with van der Waals surface area (Å²) in [7, 11) is 1.63. The predicted octanol–water partition coefficient (Wildman–Crippen LogP) is 5.40. The van der Waals surface area contributed by atoms with Gasteiger partial charge in [-0.15, -0.1) is 0 Å². The Morgan fingerprint density at radius 2 is 1.79 bits per heavy atom. The molecule has 0 bridgehead atoms. The van der Waals surface area contributed by atoms with Crippen LogP contribution < -0.4 is 10.3 Å². The van der Waals surface area contributed by atoms with Crippen LogP contribution in [-0.4, -0.2) is 23.1 Å². The first-order valence-corrected chi connectivity index (χ1v) is 9.94. The maximum atomic E-state index is 12.7. The molecule has 0 saturated heterocycles. The van der Waals surface area contributed by atoms with Crippen LogP contribution in [0.1, 0.15) is 12.5 Å². The third kappa shape index (κ3) is 4.52. The molecule has 0 atom stereocenters. The molecule has 0 fully saturated rings. The van der Waals surface area contributed by atoms with Gasteiger partial charge >= 0.3 is 6.18 Å². The van der Waals surface area contributed by atoms with Gasteiger partial charge in [0.1, 0.15) is 5.75 Å². The summed E-state index contributed by atoms with van der Waals surface area (Å²) in [6.45, 7) is 0.680. The third-order valence-electron chi connectivity index (χ3n) is 4.29. The van der Waals surface area contributed by atoms with Crippen molar-refractivity contribution >= 4 is 22.5 Å². The summed E-state index contributed by atoms with van der Waals surface area (Å²) in [4.78, 5) is 12.4. The fourth-order valence-corrected chi connectivity index (χ4v) is 3.63. The summed E-state index contributed by atoms with van der Waals surface area (Å²) in [5.41, 5.74) is 2.04. The van der Waals surface area contributed by atoms with E-state index in [1.165, 1.54) is 4.57 Å². The summed E-state index contributed by atoms with van der Waals surface area (Å²) in [6, 6.07) is 12.3. The molecule has 3 nitrogen and oxygen atoms in total. The maximum absolute atomic E-state index is 12.7. The molecule has 3 aromatic rings. The number of fused-ring (bicyclic) bond motifs is 1. The number of ether oxygens (including phenoxy) is 1. The molecule has 0 spiro atoms. The number of aromatic nitrogens is 1. The van der Waals surface area contributed by atoms with E-state index in [1.54, 1.807) is 61.4 Å². The van der Waals surface area contributed by atoms with E-state index < -0.39 is 12.8 Å². The van der Waals surface area contributed by atoms with Crippen LogP contribution in [-0.2, 0) is 12.8 Å². The first-order valence-electron chi connectivity index (χ1n) is 8.79. The molecule has 1 heterocycles. The van der Waals surface area contributed by atoms with E-state index >= 15 is 0 Å². The van der Waals surface area contributed by atoms with Crippen molar-refractivity contribution in [2.75, 3.05) is 12.4 Å². The highest BCUT2D eigenvalue weighted by molar-refractivity contribution is 7.98. The smallest absolute Gasteiger partial charge is 0.422 e. The van der Waals surface area contributed by atoms with Gasteiger partial charge < -0.3 is 9.30 Å². The Hall–Kier alpha value is -2.41. The first kappa shape index (κ1) is 20.3. The molecule has 0 saturated carbocycles. The third-order valence-corrected chi connectivity index (χ3v) is 5.23. The van der Waals surface area contributed by atoms with Crippen LogP contribution in [0, 0.1) is 0 Å². The zero-order valence-corrected chi connectivity index (χ0v) is 16.4. The normalized spacial score (nSPS) is 11.8. The number of thioether (sulfide) groups is 1. The zero-order chi connectivity index (χ0) is 20.3. The fourth-order valence-electron chi connectivity index (χ4n) is 3.01. The van der Waals surface area contributed by atoms with Gasteiger partial charge in [0.15, 0.2) is 6.61 Å². The minimum Gasteiger partial charge on any atom is -0.483 e. The van der Waals surface area contributed by atoms with Gasteiger partial charge in [0.05, 0.1) is 0 Å². The summed E-state index contributed by atoms with van der Waals surface area (Å²) in [5.74, 6) is 1.82. The topological polar surface area (TPSA) is 31.2 Å². The lowest BCUT2D eigenvalue weighted by atomic mass is 9.98. The number of halogens is 3. The lowest BCUT2D eigenvalue weighted by molar-refractivity contribution is -0.153. The van der Waals surface area contributed by atoms with E-state index in [0.29, 0.717) is 21.9 Å². The Balaban J connectivity index is 2.19. The van der Waals surface area contributed by atoms with Crippen molar-refractivity contribution in [1.29, 1.82) is 0 Å². The summed E-state index contributed by atoms with van der Waals surface area (Å²) in [6.07, 6.45) is -2.78. The molecule has 3 rings (SSSR count). The molecule has 148 valence electrons. The average Bonchev–Trinajstić information content (AvgIpc) is 2.67. The minimum atomic E-state index is -4.43. The Morgan fingerprint density at radius 1 is 1.07 bits per heavy atom. The molecule has 0 radical (unpaired) electrons. The van der Waals surface area contributed by atoms with Gasteiger partial charge in [0.2, 0.25) is 0 Å². The van der Waals surface area contributed by atoms with Gasteiger partial charge in [-0.2, -0.15) is 24.9 Å². The standard InChI is InChI=1S/C21H20F3NO2S/c1-3-28-12-14-8-9-19(27-13-21(22,23)24)17(10-14)18-11-25(2)20(26)16-7-5-4-6-15(16)18/h4-11H,3,12-13H2,1-2H3. The quantitative estimate of drug-likeness (QED) is 0.548. The molecular formula is C21H20F3NO2S. The van der Waals surface area contributed by atoms with Gasteiger partial charge in [-0.25, -0.2) is 0 Å². The number of nitrogens with zero attached hydrogens (tertiary/aromatic N) is 1. The monoisotopic (exact) mass is 407 g/mol. The van der Waals surface area contributed by atoms with Crippen LogP contribution in [0.5, 0.6) is 5.75 Å². The number of hydrogen-bond acceptors (Lipinski definition) is 3. The highest BCUT2D eigenvalue weighted by atomic mass is 32.2. The van der Waals surface area contributed by atoms with Gasteiger partial charge in [0, 0.05) is 35.5 Å². The molecule has 0 aliphatic carbocycles. The summed E-state index contributed by atoms with van der Waals surface area (Å²) < 4.78 is 44.7. The Bertz CT molecular complexity index is 1040. The highest BCUT2D eigenvalue weighted by Crippen LogP contribution is 2.36.